The van der Waals surface area contributed by atoms with Crippen molar-refractivity contribution < 1.29 is 14.3 Å². The van der Waals surface area contributed by atoms with Crippen molar-refractivity contribution in [1.29, 1.82) is 0 Å². The molecular weight excluding hydrogens is 354 g/mol. The Balaban J connectivity index is 1.66. The molecule has 0 aliphatic carbocycles. The van der Waals surface area contributed by atoms with Gasteiger partial charge in [-0.2, -0.15) is 0 Å². The molecule has 1 aromatic heterocycles. The summed E-state index contributed by atoms with van der Waals surface area (Å²) in [6.45, 7) is 4.04. The van der Waals surface area contributed by atoms with Crippen LogP contribution in [0.1, 0.15) is 48.0 Å². The SMILES string of the molecule is C#CC(C)(C)NC(=O)c1cc(NC(=O)CC2OCCc3ccccc32)ccn1. The number of fused-ring (bicyclic) bond motifs is 1. The smallest absolute Gasteiger partial charge is 0.271 e. The first-order valence-corrected chi connectivity index (χ1v) is 9.13. The first kappa shape index (κ1) is 19.6. The summed E-state index contributed by atoms with van der Waals surface area (Å²) in [6, 6.07) is 11.2. The van der Waals surface area contributed by atoms with E-state index in [1.165, 1.54) is 17.8 Å². The number of benzene rings is 1. The van der Waals surface area contributed by atoms with Gasteiger partial charge in [-0.25, -0.2) is 0 Å². The van der Waals surface area contributed by atoms with Crippen LogP contribution in [-0.4, -0.2) is 28.9 Å². The quantitative estimate of drug-likeness (QED) is 0.785. The standard InChI is InChI=1S/C22H23N3O3/c1-4-22(2,3)25-21(27)18-13-16(9-11-23-18)24-20(26)14-19-17-8-6-5-7-15(17)10-12-28-19/h1,5-9,11,13,19H,10,12,14H2,2-3H3,(H,25,27)(H,23,24,26). The number of aromatic nitrogens is 1. The molecule has 6 heteroatoms. The summed E-state index contributed by atoms with van der Waals surface area (Å²) in [6.07, 6.45) is 7.65. The maximum absolute atomic E-state index is 12.5. The van der Waals surface area contributed by atoms with E-state index in [0.29, 0.717) is 12.3 Å². The molecule has 0 saturated heterocycles. The minimum Gasteiger partial charge on any atom is -0.373 e. The maximum atomic E-state index is 12.5. The fraction of sp³-hybridized carbons (Fsp3) is 0.318. The fourth-order valence-electron chi connectivity index (χ4n) is 3.04. The zero-order chi connectivity index (χ0) is 20.1. The van der Waals surface area contributed by atoms with Crippen LogP contribution < -0.4 is 10.6 Å². The normalized spacial score (nSPS) is 15.8. The van der Waals surface area contributed by atoms with Crippen LogP contribution in [-0.2, 0) is 16.0 Å². The van der Waals surface area contributed by atoms with Crippen molar-refractivity contribution in [2.75, 3.05) is 11.9 Å². The van der Waals surface area contributed by atoms with Crippen LogP contribution in [0.3, 0.4) is 0 Å². The Morgan fingerprint density at radius 1 is 1.32 bits per heavy atom. The topological polar surface area (TPSA) is 80.3 Å². The Hall–Kier alpha value is -3.17. The molecule has 144 valence electrons. The molecule has 0 saturated carbocycles. The zero-order valence-corrected chi connectivity index (χ0v) is 16.0. The van der Waals surface area contributed by atoms with E-state index in [4.69, 9.17) is 11.2 Å². The largest absolute Gasteiger partial charge is 0.373 e. The number of anilines is 1. The van der Waals surface area contributed by atoms with Crippen LogP contribution in [0.15, 0.2) is 42.6 Å². The van der Waals surface area contributed by atoms with Crippen LogP contribution in [0.2, 0.25) is 0 Å². The van der Waals surface area contributed by atoms with Crippen molar-refractivity contribution in [2.45, 2.75) is 38.3 Å². The lowest BCUT2D eigenvalue weighted by atomic mass is 9.95. The highest BCUT2D eigenvalue weighted by Crippen LogP contribution is 2.29. The number of nitrogens with one attached hydrogen (secondary N) is 2. The molecule has 2 N–H and O–H groups in total. The lowest BCUT2D eigenvalue weighted by Crippen LogP contribution is -2.42. The van der Waals surface area contributed by atoms with E-state index >= 15 is 0 Å². The Morgan fingerprint density at radius 3 is 2.89 bits per heavy atom. The molecule has 1 aromatic carbocycles. The second-order valence-electron chi connectivity index (χ2n) is 7.21. The molecule has 28 heavy (non-hydrogen) atoms. The van der Waals surface area contributed by atoms with Crippen molar-refractivity contribution >= 4 is 17.5 Å². The van der Waals surface area contributed by atoms with Crippen LogP contribution in [0, 0.1) is 12.3 Å². The summed E-state index contributed by atoms with van der Waals surface area (Å²) < 4.78 is 5.79. The monoisotopic (exact) mass is 377 g/mol. The van der Waals surface area contributed by atoms with Crippen molar-refractivity contribution in [3.63, 3.8) is 0 Å². The number of carbonyl (C=O) groups is 2. The van der Waals surface area contributed by atoms with Gasteiger partial charge >= 0.3 is 0 Å². The number of hydrogen-bond donors (Lipinski definition) is 2. The van der Waals surface area contributed by atoms with Gasteiger partial charge in [-0.3, -0.25) is 14.6 Å². The van der Waals surface area contributed by atoms with Crippen LogP contribution >= 0.6 is 0 Å². The van der Waals surface area contributed by atoms with Gasteiger partial charge in [0.15, 0.2) is 0 Å². The molecule has 0 fully saturated rings. The predicted octanol–water partition coefficient (Wildman–Crippen LogP) is 2.87. The number of pyridine rings is 1. The maximum Gasteiger partial charge on any atom is 0.271 e. The Morgan fingerprint density at radius 2 is 2.11 bits per heavy atom. The molecule has 1 atom stereocenters. The molecule has 2 heterocycles. The molecule has 2 amide bonds. The van der Waals surface area contributed by atoms with Gasteiger partial charge in [0.2, 0.25) is 5.91 Å². The van der Waals surface area contributed by atoms with Gasteiger partial charge in [0.25, 0.3) is 5.91 Å². The number of hydrogen-bond acceptors (Lipinski definition) is 4. The molecule has 2 aromatic rings. The Kier molecular flexibility index (Phi) is 5.76. The number of terminal acetylenes is 1. The Bertz CT molecular complexity index is 931. The first-order valence-electron chi connectivity index (χ1n) is 9.13. The second-order valence-corrected chi connectivity index (χ2v) is 7.21. The van der Waals surface area contributed by atoms with Gasteiger partial charge in [-0.15, -0.1) is 6.42 Å². The van der Waals surface area contributed by atoms with Crippen molar-refractivity contribution in [1.82, 2.24) is 10.3 Å². The fourth-order valence-corrected chi connectivity index (χ4v) is 3.04. The summed E-state index contributed by atoms with van der Waals surface area (Å²) in [4.78, 5) is 28.9. The third-order valence-electron chi connectivity index (χ3n) is 4.53. The minimum atomic E-state index is -0.788. The summed E-state index contributed by atoms with van der Waals surface area (Å²) in [5.41, 5.74) is 2.15. The van der Waals surface area contributed by atoms with E-state index in [9.17, 15) is 9.59 Å². The summed E-state index contributed by atoms with van der Waals surface area (Å²) >= 11 is 0. The van der Waals surface area contributed by atoms with Gasteiger partial charge in [0.1, 0.15) is 5.69 Å². The summed E-state index contributed by atoms with van der Waals surface area (Å²) in [5.74, 6) is 1.91. The molecule has 1 aliphatic rings. The number of amides is 2. The van der Waals surface area contributed by atoms with Crippen molar-refractivity contribution in [2.24, 2.45) is 0 Å². The third-order valence-corrected chi connectivity index (χ3v) is 4.53. The van der Waals surface area contributed by atoms with E-state index < -0.39 is 11.4 Å². The molecule has 3 rings (SSSR count). The molecule has 1 aliphatic heterocycles. The lowest BCUT2D eigenvalue weighted by molar-refractivity contribution is -0.119. The average molecular weight is 377 g/mol. The van der Waals surface area contributed by atoms with Crippen molar-refractivity contribution in [3.05, 3.63) is 59.4 Å². The lowest BCUT2D eigenvalue weighted by Gasteiger charge is -2.25. The first-order chi connectivity index (χ1) is 13.4. The van der Waals surface area contributed by atoms with Crippen LogP contribution in [0.5, 0.6) is 0 Å². The molecule has 0 bridgehead atoms. The molecule has 1 unspecified atom stereocenters. The van der Waals surface area contributed by atoms with Gasteiger partial charge in [0.05, 0.1) is 24.7 Å². The Labute approximate surface area is 164 Å². The highest BCUT2D eigenvalue weighted by molar-refractivity contribution is 5.96. The highest BCUT2D eigenvalue weighted by Gasteiger charge is 2.23. The second kappa shape index (κ2) is 8.24. The minimum absolute atomic E-state index is 0.181. The van der Waals surface area contributed by atoms with E-state index in [1.807, 2.05) is 18.2 Å². The van der Waals surface area contributed by atoms with Gasteiger partial charge in [-0.1, -0.05) is 30.2 Å². The highest BCUT2D eigenvalue weighted by atomic mass is 16.5. The third kappa shape index (κ3) is 4.76. The van der Waals surface area contributed by atoms with Gasteiger partial charge < -0.3 is 15.4 Å². The molecular formula is C22H23N3O3. The predicted molar refractivity (Wildman–Crippen MR) is 107 cm³/mol. The number of nitrogens with zero attached hydrogens (tertiary/aromatic N) is 1. The van der Waals surface area contributed by atoms with Gasteiger partial charge in [-0.05, 0) is 43.5 Å². The van der Waals surface area contributed by atoms with Crippen LogP contribution in [0.25, 0.3) is 0 Å². The van der Waals surface area contributed by atoms with E-state index in [0.717, 1.165) is 12.0 Å². The van der Waals surface area contributed by atoms with Crippen LogP contribution in [0.4, 0.5) is 5.69 Å². The number of ether oxygens (including phenoxy) is 1. The van der Waals surface area contributed by atoms with Gasteiger partial charge in [0, 0.05) is 11.9 Å². The van der Waals surface area contributed by atoms with E-state index in [2.05, 4.69) is 27.6 Å². The molecule has 0 radical (unpaired) electrons. The number of rotatable bonds is 5. The average Bonchev–Trinajstić information content (AvgIpc) is 2.68. The van der Waals surface area contributed by atoms with Crippen molar-refractivity contribution in [3.8, 4) is 12.3 Å². The molecule has 6 nitrogen and oxygen atoms in total. The molecule has 0 spiro atoms. The number of carbonyl (C=O) groups excluding carboxylic acids is 2. The summed E-state index contributed by atoms with van der Waals surface area (Å²) in [5, 5.41) is 5.52. The van der Waals surface area contributed by atoms with E-state index in [1.54, 1.807) is 19.9 Å². The zero-order valence-electron chi connectivity index (χ0n) is 16.0. The summed E-state index contributed by atoms with van der Waals surface area (Å²) in [7, 11) is 0. The van der Waals surface area contributed by atoms with E-state index in [-0.39, 0.29) is 24.1 Å².